The van der Waals surface area contributed by atoms with Crippen molar-refractivity contribution in [3.05, 3.63) is 56.5 Å². The number of benzene rings is 1. The number of carboxylic acid groups (broad SMARTS) is 1. The maximum Gasteiger partial charge on any atom is 0.290 e. The van der Waals surface area contributed by atoms with Crippen LogP contribution in [0.4, 0.5) is 4.39 Å². The summed E-state index contributed by atoms with van der Waals surface area (Å²) < 4.78 is 14.1. The lowest BCUT2D eigenvalue weighted by Gasteiger charge is -2.22. The van der Waals surface area contributed by atoms with Crippen LogP contribution in [0.25, 0.3) is 0 Å². The van der Waals surface area contributed by atoms with E-state index in [-0.39, 0.29) is 17.9 Å². The van der Waals surface area contributed by atoms with Crippen LogP contribution < -0.4 is 0 Å². The molecule has 0 spiro atoms. The highest BCUT2D eigenvalue weighted by molar-refractivity contribution is 7.10. The first-order chi connectivity index (χ1) is 13.0. The van der Waals surface area contributed by atoms with Gasteiger partial charge < -0.3 is 10.0 Å². The van der Waals surface area contributed by atoms with Crippen LogP contribution in [0, 0.1) is 12.7 Å². The quantitative estimate of drug-likeness (QED) is 0.777. The van der Waals surface area contributed by atoms with E-state index < -0.39 is 5.82 Å². The molecule has 1 amide bonds. The highest BCUT2D eigenvalue weighted by Gasteiger charge is 2.24. The Morgan fingerprint density at radius 1 is 1.30 bits per heavy atom. The molecule has 0 aliphatic carbocycles. The van der Waals surface area contributed by atoms with E-state index >= 15 is 0 Å². The predicted molar refractivity (Wildman–Crippen MR) is 105 cm³/mol. The Labute approximate surface area is 167 Å². The van der Waals surface area contributed by atoms with E-state index in [0.717, 1.165) is 36.0 Å². The molecule has 1 N–H and O–H groups in total. The Bertz CT molecular complexity index is 764. The first-order valence-electron chi connectivity index (χ1n) is 8.54. The molecule has 0 atom stereocenters. The number of carbonyl (C=O) groups excluding carboxylic acids is 1. The number of hydrogen-bond acceptors (Lipinski definition) is 4. The number of halogens is 2. The number of aryl methyl sites for hydroxylation is 1. The second kappa shape index (κ2) is 10.4. The molecule has 0 saturated carbocycles. The predicted octanol–water partition coefficient (Wildman–Crippen LogP) is 3.90. The van der Waals surface area contributed by atoms with Gasteiger partial charge in [-0.2, -0.15) is 0 Å². The highest BCUT2D eigenvalue weighted by atomic mass is 35.5. The van der Waals surface area contributed by atoms with Crippen molar-refractivity contribution in [1.29, 1.82) is 0 Å². The number of nitrogens with zero attached hydrogens (tertiary/aromatic N) is 2. The third kappa shape index (κ3) is 5.76. The number of carbonyl (C=O) groups is 2. The maximum absolute atomic E-state index is 14.1. The zero-order valence-electron chi connectivity index (χ0n) is 15.0. The van der Waals surface area contributed by atoms with Gasteiger partial charge in [0, 0.05) is 37.6 Å². The van der Waals surface area contributed by atoms with Crippen LogP contribution in [0.3, 0.4) is 0 Å². The fourth-order valence-corrected chi connectivity index (χ4v) is 4.17. The summed E-state index contributed by atoms with van der Waals surface area (Å²) >= 11 is 7.83. The van der Waals surface area contributed by atoms with Gasteiger partial charge in [0.1, 0.15) is 5.82 Å². The molecule has 1 fully saturated rings. The van der Waals surface area contributed by atoms with Gasteiger partial charge in [-0.1, -0.05) is 23.7 Å². The Morgan fingerprint density at radius 3 is 2.67 bits per heavy atom. The molecule has 2 heterocycles. The van der Waals surface area contributed by atoms with Gasteiger partial charge in [-0.25, -0.2) is 4.39 Å². The van der Waals surface area contributed by atoms with Gasteiger partial charge in [-0.15, -0.1) is 11.3 Å². The summed E-state index contributed by atoms with van der Waals surface area (Å²) in [6.07, 6.45) is 0.877. The van der Waals surface area contributed by atoms with Crippen LogP contribution in [0.5, 0.6) is 0 Å². The lowest BCUT2D eigenvalue weighted by molar-refractivity contribution is -0.122. The third-order valence-electron chi connectivity index (χ3n) is 4.37. The summed E-state index contributed by atoms with van der Waals surface area (Å²) in [5.41, 5.74) is 0.888. The summed E-state index contributed by atoms with van der Waals surface area (Å²) in [7, 11) is 0. The van der Waals surface area contributed by atoms with Crippen molar-refractivity contribution in [2.24, 2.45) is 0 Å². The molecule has 0 unspecified atom stereocenters. The molecule has 1 aliphatic heterocycles. The minimum absolute atomic E-state index is 0.201. The van der Waals surface area contributed by atoms with Gasteiger partial charge in [0.2, 0.25) is 0 Å². The van der Waals surface area contributed by atoms with Crippen LogP contribution in [0.2, 0.25) is 5.02 Å². The SMILES string of the molecule is Cc1cccc(F)c1C(=O)N1CCCN(Cc2sccc2Cl)CC1.O=CO. The van der Waals surface area contributed by atoms with E-state index in [9.17, 15) is 9.18 Å². The van der Waals surface area contributed by atoms with E-state index in [1.54, 1.807) is 35.3 Å². The maximum atomic E-state index is 14.1. The molecule has 146 valence electrons. The van der Waals surface area contributed by atoms with Crippen LogP contribution in [-0.4, -0.2) is 53.5 Å². The molecule has 1 aromatic heterocycles. The number of thiophene rings is 1. The summed E-state index contributed by atoms with van der Waals surface area (Å²) in [6.45, 7) is 5.27. The monoisotopic (exact) mass is 412 g/mol. The standard InChI is InChI=1S/C18H20ClFN2OS.CH2O2/c1-13-4-2-5-15(20)17(13)18(23)22-8-3-7-21(9-10-22)12-16-14(19)6-11-24-16;2-1-3/h2,4-6,11H,3,7-10,12H2,1H3;1H,(H,2,3). The van der Waals surface area contributed by atoms with Crippen LogP contribution in [0.1, 0.15) is 27.2 Å². The van der Waals surface area contributed by atoms with Crippen LogP contribution in [0.15, 0.2) is 29.6 Å². The van der Waals surface area contributed by atoms with Gasteiger partial charge >= 0.3 is 0 Å². The average molecular weight is 413 g/mol. The van der Waals surface area contributed by atoms with Crippen molar-refractivity contribution in [1.82, 2.24) is 9.80 Å². The molecule has 1 saturated heterocycles. The average Bonchev–Trinajstić information content (AvgIpc) is 2.89. The molecule has 27 heavy (non-hydrogen) atoms. The van der Waals surface area contributed by atoms with E-state index in [0.29, 0.717) is 18.7 Å². The molecule has 1 aromatic carbocycles. The molecule has 0 radical (unpaired) electrons. The number of rotatable bonds is 3. The Morgan fingerprint density at radius 2 is 2.04 bits per heavy atom. The molecular weight excluding hydrogens is 391 g/mol. The zero-order valence-corrected chi connectivity index (χ0v) is 16.6. The Hall–Kier alpha value is -1.96. The highest BCUT2D eigenvalue weighted by Crippen LogP contribution is 2.24. The number of amides is 1. The molecule has 5 nitrogen and oxygen atoms in total. The Kier molecular flexibility index (Phi) is 8.22. The van der Waals surface area contributed by atoms with Gasteiger partial charge in [0.25, 0.3) is 12.4 Å². The summed E-state index contributed by atoms with van der Waals surface area (Å²) in [4.78, 5) is 26.3. The molecule has 8 heteroatoms. The molecule has 1 aliphatic rings. The van der Waals surface area contributed by atoms with Crippen molar-refractivity contribution in [2.75, 3.05) is 26.2 Å². The van der Waals surface area contributed by atoms with Crippen molar-refractivity contribution in [2.45, 2.75) is 19.9 Å². The lowest BCUT2D eigenvalue weighted by atomic mass is 10.1. The Balaban J connectivity index is 0.000000817. The molecule has 3 rings (SSSR count). The van der Waals surface area contributed by atoms with Crippen LogP contribution >= 0.6 is 22.9 Å². The van der Waals surface area contributed by atoms with E-state index in [1.165, 1.54) is 6.07 Å². The largest absolute Gasteiger partial charge is 0.483 e. The van der Waals surface area contributed by atoms with Crippen molar-refractivity contribution < 1.29 is 19.1 Å². The van der Waals surface area contributed by atoms with E-state index in [2.05, 4.69) is 4.90 Å². The first kappa shape index (κ1) is 21.3. The fraction of sp³-hybridized carbons (Fsp3) is 0.368. The zero-order chi connectivity index (χ0) is 19.8. The van der Waals surface area contributed by atoms with Crippen molar-refractivity contribution in [3.63, 3.8) is 0 Å². The normalized spacial score (nSPS) is 14.9. The van der Waals surface area contributed by atoms with Crippen molar-refractivity contribution >= 4 is 35.3 Å². The lowest BCUT2D eigenvalue weighted by Crippen LogP contribution is -2.35. The second-order valence-corrected chi connectivity index (χ2v) is 7.56. The fourth-order valence-electron chi connectivity index (χ4n) is 3.03. The molecule has 2 aromatic rings. The van der Waals surface area contributed by atoms with Gasteiger partial charge in [-0.3, -0.25) is 14.5 Å². The van der Waals surface area contributed by atoms with Gasteiger partial charge in [0.15, 0.2) is 0 Å². The third-order valence-corrected chi connectivity index (χ3v) is 5.74. The minimum atomic E-state index is -0.438. The van der Waals surface area contributed by atoms with Crippen molar-refractivity contribution in [3.8, 4) is 0 Å². The molecular formula is C19H22ClFN2O3S. The summed E-state index contributed by atoms with van der Waals surface area (Å²) in [5, 5.41) is 9.69. The minimum Gasteiger partial charge on any atom is -0.483 e. The first-order valence-corrected chi connectivity index (χ1v) is 9.80. The number of hydrogen-bond donors (Lipinski definition) is 1. The smallest absolute Gasteiger partial charge is 0.290 e. The van der Waals surface area contributed by atoms with E-state index in [4.69, 9.17) is 21.5 Å². The van der Waals surface area contributed by atoms with Gasteiger partial charge in [0.05, 0.1) is 10.6 Å². The van der Waals surface area contributed by atoms with Gasteiger partial charge in [-0.05, 0) is 36.4 Å². The summed E-state index contributed by atoms with van der Waals surface area (Å²) in [6, 6.07) is 6.68. The molecule has 0 bridgehead atoms. The van der Waals surface area contributed by atoms with Crippen LogP contribution in [-0.2, 0) is 11.3 Å². The summed E-state index contributed by atoms with van der Waals surface area (Å²) in [5.74, 6) is -0.645. The second-order valence-electron chi connectivity index (χ2n) is 6.15. The van der Waals surface area contributed by atoms with E-state index in [1.807, 2.05) is 11.4 Å². The topological polar surface area (TPSA) is 60.9 Å².